The lowest BCUT2D eigenvalue weighted by Crippen LogP contribution is -2.14. The Labute approximate surface area is 151 Å². The molecule has 1 N–H and O–H groups in total. The first-order valence-corrected chi connectivity index (χ1v) is 8.47. The van der Waals surface area contributed by atoms with E-state index in [1.54, 1.807) is 0 Å². The van der Waals surface area contributed by atoms with E-state index < -0.39 is 4.92 Å². The number of nitro groups is 1. The Balaban J connectivity index is 1.68. The number of amides is 1. The van der Waals surface area contributed by atoms with Crippen LogP contribution in [-0.4, -0.2) is 26.6 Å². The smallest absolute Gasteiger partial charge is 0.271 e. The first-order chi connectivity index (χ1) is 12.0. The van der Waals surface area contributed by atoms with Crippen LogP contribution in [0.2, 0.25) is 5.02 Å². The van der Waals surface area contributed by atoms with E-state index in [0.29, 0.717) is 10.7 Å². The summed E-state index contributed by atoms with van der Waals surface area (Å²) in [5.41, 5.74) is 0.995. The van der Waals surface area contributed by atoms with Crippen LogP contribution in [0, 0.1) is 10.1 Å². The summed E-state index contributed by atoms with van der Waals surface area (Å²) in [4.78, 5) is 30.7. The highest BCUT2D eigenvalue weighted by Gasteiger charge is 2.12. The molecule has 0 bridgehead atoms. The van der Waals surface area contributed by atoms with Gasteiger partial charge in [-0.05, 0) is 12.1 Å². The van der Waals surface area contributed by atoms with Gasteiger partial charge in [-0.1, -0.05) is 41.6 Å². The molecule has 0 radical (unpaired) electrons. The van der Waals surface area contributed by atoms with Crippen LogP contribution in [0.25, 0.3) is 10.9 Å². The molecule has 3 rings (SSSR count). The van der Waals surface area contributed by atoms with Gasteiger partial charge in [-0.2, -0.15) is 0 Å². The second-order valence-corrected chi connectivity index (χ2v) is 6.33. The lowest BCUT2D eigenvalue weighted by atomic mass is 10.2. The zero-order valence-corrected chi connectivity index (χ0v) is 14.3. The molecule has 7 nitrogen and oxygen atoms in total. The van der Waals surface area contributed by atoms with Gasteiger partial charge in [0.05, 0.1) is 26.9 Å². The highest BCUT2D eigenvalue weighted by molar-refractivity contribution is 8.00. The molecular formula is C16H11ClN4O3S. The van der Waals surface area contributed by atoms with Gasteiger partial charge >= 0.3 is 0 Å². The molecule has 0 aliphatic heterocycles. The maximum atomic E-state index is 12.1. The number of rotatable bonds is 5. The molecule has 126 valence electrons. The van der Waals surface area contributed by atoms with E-state index in [0.717, 1.165) is 10.9 Å². The molecule has 0 saturated carbocycles. The van der Waals surface area contributed by atoms with Crippen LogP contribution in [-0.2, 0) is 4.79 Å². The van der Waals surface area contributed by atoms with Crippen molar-refractivity contribution < 1.29 is 9.72 Å². The van der Waals surface area contributed by atoms with E-state index in [1.165, 1.54) is 36.3 Å². The van der Waals surface area contributed by atoms with E-state index in [9.17, 15) is 14.9 Å². The summed E-state index contributed by atoms with van der Waals surface area (Å²) in [6.45, 7) is 0. The number of hydrogen-bond donors (Lipinski definition) is 1. The Kier molecular flexibility index (Phi) is 5.11. The second-order valence-electron chi connectivity index (χ2n) is 4.95. The van der Waals surface area contributed by atoms with Crippen LogP contribution in [0.1, 0.15) is 0 Å². The Bertz CT molecular complexity index is 962. The molecule has 0 aliphatic carbocycles. The minimum Gasteiger partial charge on any atom is -0.324 e. The summed E-state index contributed by atoms with van der Waals surface area (Å²) < 4.78 is 0. The number of carbonyl (C=O) groups excluding carboxylic acids is 1. The van der Waals surface area contributed by atoms with Crippen LogP contribution in [0.4, 0.5) is 11.4 Å². The molecule has 1 aromatic heterocycles. The van der Waals surface area contributed by atoms with Crippen molar-refractivity contribution in [3.05, 3.63) is 63.9 Å². The number of thioether (sulfide) groups is 1. The molecular weight excluding hydrogens is 364 g/mol. The lowest BCUT2D eigenvalue weighted by Gasteiger charge is -2.07. The monoisotopic (exact) mass is 374 g/mol. The fraction of sp³-hybridized carbons (Fsp3) is 0.0625. The summed E-state index contributed by atoms with van der Waals surface area (Å²) in [6.07, 6.45) is 1.45. The molecule has 0 saturated heterocycles. The van der Waals surface area contributed by atoms with Gasteiger partial charge in [0.1, 0.15) is 11.4 Å². The maximum Gasteiger partial charge on any atom is 0.271 e. The number of carbonyl (C=O) groups is 1. The summed E-state index contributed by atoms with van der Waals surface area (Å²) in [5, 5.41) is 15.0. The molecule has 9 heteroatoms. The molecule has 0 aliphatic rings. The minimum absolute atomic E-state index is 0.111. The minimum atomic E-state index is -0.548. The van der Waals surface area contributed by atoms with Crippen molar-refractivity contribution in [1.29, 1.82) is 0 Å². The van der Waals surface area contributed by atoms with Crippen molar-refractivity contribution in [2.24, 2.45) is 0 Å². The number of nitrogens with one attached hydrogen (secondary N) is 1. The number of aromatic nitrogens is 2. The second kappa shape index (κ2) is 7.45. The van der Waals surface area contributed by atoms with E-state index in [-0.39, 0.29) is 22.4 Å². The van der Waals surface area contributed by atoms with Gasteiger partial charge in [0, 0.05) is 17.5 Å². The number of nitro benzene ring substituents is 1. The summed E-state index contributed by atoms with van der Waals surface area (Å²) >= 11 is 7.24. The number of anilines is 1. The van der Waals surface area contributed by atoms with Crippen molar-refractivity contribution in [3.63, 3.8) is 0 Å². The number of hydrogen-bond acceptors (Lipinski definition) is 6. The summed E-state index contributed by atoms with van der Waals surface area (Å²) in [6, 6.07) is 11.4. The fourth-order valence-corrected chi connectivity index (χ4v) is 3.15. The number of para-hydroxylation sites is 1. The fourth-order valence-electron chi connectivity index (χ4n) is 2.13. The van der Waals surface area contributed by atoms with Crippen LogP contribution < -0.4 is 5.32 Å². The van der Waals surface area contributed by atoms with Crippen LogP contribution in [0.15, 0.2) is 53.8 Å². The van der Waals surface area contributed by atoms with E-state index >= 15 is 0 Å². The van der Waals surface area contributed by atoms with Gasteiger partial charge in [0.2, 0.25) is 5.91 Å². The van der Waals surface area contributed by atoms with Gasteiger partial charge in [0.25, 0.3) is 5.69 Å². The normalized spacial score (nSPS) is 10.6. The molecule has 25 heavy (non-hydrogen) atoms. The zero-order valence-electron chi connectivity index (χ0n) is 12.7. The topological polar surface area (TPSA) is 98.0 Å². The van der Waals surface area contributed by atoms with E-state index in [2.05, 4.69) is 15.3 Å². The quantitative estimate of drug-likeness (QED) is 0.314. The highest BCUT2D eigenvalue weighted by atomic mass is 35.5. The van der Waals surface area contributed by atoms with Crippen LogP contribution in [0.5, 0.6) is 0 Å². The lowest BCUT2D eigenvalue weighted by molar-refractivity contribution is -0.384. The summed E-state index contributed by atoms with van der Waals surface area (Å²) in [5.74, 6) is -0.169. The van der Waals surface area contributed by atoms with Gasteiger partial charge in [-0.25, -0.2) is 9.97 Å². The number of nitrogens with zero attached hydrogens (tertiary/aromatic N) is 3. The van der Waals surface area contributed by atoms with Crippen LogP contribution in [0.3, 0.4) is 0 Å². The zero-order chi connectivity index (χ0) is 17.8. The van der Waals surface area contributed by atoms with Crippen LogP contribution >= 0.6 is 23.4 Å². The average molecular weight is 375 g/mol. The third-order valence-electron chi connectivity index (χ3n) is 3.28. The van der Waals surface area contributed by atoms with E-state index in [4.69, 9.17) is 11.6 Å². The Morgan fingerprint density at radius 1 is 1.24 bits per heavy atom. The molecule has 2 aromatic carbocycles. The number of halogens is 1. The van der Waals surface area contributed by atoms with Gasteiger partial charge in [0.15, 0.2) is 0 Å². The molecule has 0 spiro atoms. The van der Waals surface area contributed by atoms with Crippen molar-refractivity contribution in [2.45, 2.75) is 5.03 Å². The molecule has 0 atom stereocenters. The molecule has 1 amide bonds. The maximum absolute atomic E-state index is 12.1. The van der Waals surface area contributed by atoms with Crippen molar-refractivity contribution >= 4 is 51.5 Å². The summed E-state index contributed by atoms with van der Waals surface area (Å²) in [7, 11) is 0. The van der Waals surface area contributed by atoms with Gasteiger partial charge in [-0.15, -0.1) is 0 Å². The number of fused-ring (bicyclic) bond motifs is 1. The third kappa shape index (κ3) is 4.04. The number of benzene rings is 2. The van der Waals surface area contributed by atoms with Crippen molar-refractivity contribution in [1.82, 2.24) is 9.97 Å². The highest BCUT2D eigenvalue weighted by Crippen LogP contribution is 2.28. The third-order valence-corrected chi connectivity index (χ3v) is 4.60. The predicted molar refractivity (Wildman–Crippen MR) is 97.0 cm³/mol. The Morgan fingerprint density at radius 2 is 2.04 bits per heavy atom. The standard InChI is InChI=1S/C16H11ClN4O3S/c17-12-7-10(21(23)24)5-6-14(12)20-15(22)8-25-16-11-3-1-2-4-13(11)18-9-19-16/h1-7,9H,8H2,(H,20,22). The first-order valence-electron chi connectivity index (χ1n) is 7.11. The molecule has 0 unspecified atom stereocenters. The molecule has 0 fully saturated rings. The van der Waals surface area contributed by atoms with Crippen molar-refractivity contribution in [2.75, 3.05) is 11.1 Å². The Hall–Kier alpha value is -2.71. The first kappa shape index (κ1) is 17.1. The Morgan fingerprint density at radius 3 is 2.80 bits per heavy atom. The average Bonchev–Trinajstić information content (AvgIpc) is 2.61. The molecule has 3 aromatic rings. The number of non-ortho nitro benzene ring substituents is 1. The van der Waals surface area contributed by atoms with Gasteiger partial charge in [-0.3, -0.25) is 14.9 Å². The van der Waals surface area contributed by atoms with E-state index in [1.807, 2.05) is 24.3 Å². The van der Waals surface area contributed by atoms with Gasteiger partial charge < -0.3 is 5.32 Å². The van der Waals surface area contributed by atoms with Crippen molar-refractivity contribution in [3.8, 4) is 0 Å². The largest absolute Gasteiger partial charge is 0.324 e. The predicted octanol–water partition coefficient (Wildman–Crippen LogP) is 3.92. The SMILES string of the molecule is O=C(CSc1ncnc2ccccc12)Nc1ccc([N+](=O)[O-])cc1Cl. The molecule has 1 heterocycles.